The molecule has 3 nitrogen and oxygen atoms in total. The van der Waals surface area contributed by atoms with Crippen LogP contribution in [0.3, 0.4) is 0 Å². The summed E-state index contributed by atoms with van der Waals surface area (Å²) in [5, 5.41) is 3.11. The molecule has 0 bridgehead atoms. The first-order valence-corrected chi connectivity index (χ1v) is 5.23. The lowest BCUT2D eigenvalue weighted by Gasteiger charge is -2.30. The Morgan fingerprint density at radius 1 is 1.31 bits per heavy atom. The highest BCUT2D eigenvalue weighted by atomic mass is 16.1. The minimum absolute atomic E-state index is 0.255. The fourth-order valence-corrected chi connectivity index (χ4v) is 2.43. The van der Waals surface area contributed by atoms with Gasteiger partial charge in [-0.3, -0.25) is 4.79 Å². The van der Waals surface area contributed by atoms with Crippen LogP contribution in [0.25, 0.3) is 0 Å². The quantitative estimate of drug-likeness (QED) is 0.595. The molecule has 2 aliphatic heterocycles. The van der Waals surface area contributed by atoms with E-state index in [2.05, 4.69) is 17.3 Å². The Hall–Kier alpha value is -0.570. The molecule has 0 radical (unpaired) electrons. The summed E-state index contributed by atoms with van der Waals surface area (Å²) in [5.74, 6) is 0.994. The monoisotopic (exact) mass is 182 g/mol. The summed E-state index contributed by atoms with van der Waals surface area (Å²) in [6.45, 7) is 2.32. The molecule has 1 amide bonds. The first-order chi connectivity index (χ1) is 6.25. The number of amides is 1. The summed E-state index contributed by atoms with van der Waals surface area (Å²) >= 11 is 0. The van der Waals surface area contributed by atoms with Crippen LogP contribution in [0.15, 0.2) is 0 Å². The molecule has 13 heavy (non-hydrogen) atoms. The highest BCUT2D eigenvalue weighted by Gasteiger charge is 2.30. The Bertz CT molecular complexity index is 205. The molecule has 0 aromatic rings. The second-order valence-electron chi connectivity index (χ2n) is 4.35. The zero-order valence-corrected chi connectivity index (χ0v) is 8.25. The lowest BCUT2D eigenvalue weighted by molar-refractivity contribution is -0.124. The Morgan fingerprint density at radius 3 is 2.92 bits per heavy atom. The van der Waals surface area contributed by atoms with Crippen LogP contribution in [-0.4, -0.2) is 37.0 Å². The molecular weight excluding hydrogens is 164 g/mol. The van der Waals surface area contributed by atoms with Gasteiger partial charge >= 0.3 is 0 Å². The molecule has 0 spiro atoms. The Kier molecular flexibility index (Phi) is 2.54. The third-order valence-electron chi connectivity index (χ3n) is 3.36. The van der Waals surface area contributed by atoms with Crippen LogP contribution in [0.5, 0.6) is 0 Å². The van der Waals surface area contributed by atoms with Gasteiger partial charge in [0.1, 0.15) is 0 Å². The van der Waals surface area contributed by atoms with E-state index in [0.717, 1.165) is 31.7 Å². The summed E-state index contributed by atoms with van der Waals surface area (Å²) in [5.41, 5.74) is 0. The molecule has 3 heteroatoms. The number of fused-ring (bicyclic) bond motifs is 1. The number of carbonyl (C=O) groups excluding carboxylic acids is 1. The van der Waals surface area contributed by atoms with Gasteiger partial charge in [0.2, 0.25) is 5.91 Å². The van der Waals surface area contributed by atoms with Crippen molar-refractivity contribution in [2.75, 3.05) is 20.1 Å². The number of carbonyl (C=O) groups is 1. The third kappa shape index (κ3) is 2.02. The molecule has 2 rings (SSSR count). The molecule has 0 saturated carbocycles. The van der Waals surface area contributed by atoms with Gasteiger partial charge in [0.05, 0.1) is 0 Å². The Morgan fingerprint density at radius 2 is 2.08 bits per heavy atom. The molecule has 0 aliphatic carbocycles. The molecule has 74 valence electrons. The van der Waals surface area contributed by atoms with Gasteiger partial charge in [-0.25, -0.2) is 0 Å². The van der Waals surface area contributed by atoms with Crippen LogP contribution in [0.4, 0.5) is 0 Å². The van der Waals surface area contributed by atoms with Gasteiger partial charge in [-0.1, -0.05) is 0 Å². The van der Waals surface area contributed by atoms with Gasteiger partial charge in [-0.05, 0) is 45.3 Å². The first kappa shape index (κ1) is 9.00. The fraction of sp³-hybridized carbons (Fsp3) is 0.900. The van der Waals surface area contributed by atoms with Crippen molar-refractivity contribution in [3.05, 3.63) is 0 Å². The van der Waals surface area contributed by atoms with E-state index in [-0.39, 0.29) is 5.91 Å². The van der Waals surface area contributed by atoms with E-state index >= 15 is 0 Å². The average molecular weight is 182 g/mol. The fourth-order valence-electron chi connectivity index (χ4n) is 2.43. The van der Waals surface area contributed by atoms with Gasteiger partial charge < -0.3 is 10.2 Å². The van der Waals surface area contributed by atoms with Crippen molar-refractivity contribution in [1.82, 2.24) is 10.2 Å². The van der Waals surface area contributed by atoms with Gasteiger partial charge in [0, 0.05) is 12.5 Å². The lowest BCUT2D eigenvalue weighted by Crippen LogP contribution is -2.44. The van der Waals surface area contributed by atoms with E-state index in [1.54, 1.807) is 0 Å². The molecular formula is C10H18N2O. The number of nitrogens with one attached hydrogen (secondary N) is 1. The molecule has 2 atom stereocenters. The van der Waals surface area contributed by atoms with E-state index in [4.69, 9.17) is 0 Å². The van der Waals surface area contributed by atoms with Gasteiger partial charge in [0.15, 0.2) is 0 Å². The predicted octanol–water partition coefficient (Wildman–Crippen LogP) is 0.607. The summed E-state index contributed by atoms with van der Waals surface area (Å²) in [7, 11) is 2.17. The van der Waals surface area contributed by atoms with E-state index in [9.17, 15) is 4.79 Å². The standard InChI is InChI=1S/C10H18N2O/c1-12-6-4-8-2-3-10(13)11-9(8)5-7-12/h8-9H,2-7H2,1H3,(H,11,13). The predicted molar refractivity (Wildman–Crippen MR) is 51.4 cm³/mol. The molecule has 2 aliphatic rings. The summed E-state index contributed by atoms with van der Waals surface area (Å²) in [6.07, 6.45) is 4.23. The number of piperidine rings is 1. The normalized spacial score (nSPS) is 36.2. The Labute approximate surface area is 79.5 Å². The summed E-state index contributed by atoms with van der Waals surface area (Å²) in [4.78, 5) is 13.6. The molecule has 2 saturated heterocycles. The van der Waals surface area contributed by atoms with Crippen LogP contribution < -0.4 is 5.32 Å². The molecule has 2 fully saturated rings. The van der Waals surface area contributed by atoms with E-state index in [0.29, 0.717) is 6.04 Å². The van der Waals surface area contributed by atoms with Crippen molar-refractivity contribution in [2.45, 2.75) is 31.7 Å². The number of nitrogens with zero attached hydrogens (tertiary/aromatic N) is 1. The van der Waals surface area contributed by atoms with Crippen molar-refractivity contribution in [1.29, 1.82) is 0 Å². The van der Waals surface area contributed by atoms with Crippen LogP contribution in [-0.2, 0) is 4.79 Å². The third-order valence-corrected chi connectivity index (χ3v) is 3.36. The number of likely N-dealkylation sites (tertiary alicyclic amines) is 1. The average Bonchev–Trinajstić information content (AvgIpc) is 2.29. The lowest BCUT2D eigenvalue weighted by atomic mass is 9.87. The van der Waals surface area contributed by atoms with E-state index in [1.807, 2.05) is 0 Å². The highest BCUT2D eigenvalue weighted by Crippen LogP contribution is 2.25. The molecule has 2 unspecified atom stereocenters. The van der Waals surface area contributed by atoms with Gasteiger partial charge in [0.25, 0.3) is 0 Å². The molecule has 2 heterocycles. The maximum Gasteiger partial charge on any atom is 0.220 e. The van der Waals surface area contributed by atoms with Crippen molar-refractivity contribution < 1.29 is 4.79 Å². The van der Waals surface area contributed by atoms with E-state index in [1.165, 1.54) is 13.0 Å². The molecule has 0 aromatic carbocycles. The van der Waals surface area contributed by atoms with E-state index < -0.39 is 0 Å². The molecule has 0 aromatic heterocycles. The largest absolute Gasteiger partial charge is 0.353 e. The zero-order chi connectivity index (χ0) is 9.26. The van der Waals surface area contributed by atoms with Crippen LogP contribution in [0.2, 0.25) is 0 Å². The Balaban J connectivity index is 1.99. The second kappa shape index (κ2) is 3.66. The van der Waals surface area contributed by atoms with Crippen LogP contribution in [0.1, 0.15) is 25.7 Å². The van der Waals surface area contributed by atoms with Crippen LogP contribution >= 0.6 is 0 Å². The summed E-state index contributed by atoms with van der Waals surface area (Å²) < 4.78 is 0. The first-order valence-electron chi connectivity index (χ1n) is 5.23. The minimum Gasteiger partial charge on any atom is -0.353 e. The van der Waals surface area contributed by atoms with Crippen molar-refractivity contribution >= 4 is 5.91 Å². The minimum atomic E-state index is 0.255. The topological polar surface area (TPSA) is 32.3 Å². The van der Waals surface area contributed by atoms with Crippen LogP contribution in [0, 0.1) is 5.92 Å². The second-order valence-corrected chi connectivity index (χ2v) is 4.35. The maximum absolute atomic E-state index is 11.2. The number of rotatable bonds is 0. The van der Waals surface area contributed by atoms with Gasteiger partial charge in [-0.2, -0.15) is 0 Å². The van der Waals surface area contributed by atoms with Crippen molar-refractivity contribution in [3.63, 3.8) is 0 Å². The van der Waals surface area contributed by atoms with Gasteiger partial charge in [-0.15, -0.1) is 0 Å². The smallest absolute Gasteiger partial charge is 0.220 e. The van der Waals surface area contributed by atoms with Crippen molar-refractivity contribution in [2.24, 2.45) is 5.92 Å². The molecule has 1 N–H and O–H groups in total. The zero-order valence-electron chi connectivity index (χ0n) is 8.25. The summed E-state index contributed by atoms with van der Waals surface area (Å²) in [6, 6.07) is 0.464. The number of hydrogen-bond donors (Lipinski definition) is 1. The van der Waals surface area contributed by atoms with Crippen molar-refractivity contribution in [3.8, 4) is 0 Å². The highest BCUT2D eigenvalue weighted by molar-refractivity contribution is 5.77. The maximum atomic E-state index is 11.2. The number of hydrogen-bond acceptors (Lipinski definition) is 2. The SMILES string of the molecule is CN1CCC2CCC(=O)NC2CC1.